The minimum atomic E-state index is -0.948. The van der Waals surface area contributed by atoms with Crippen LogP contribution in [-0.2, 0) is 14.3 Å². The monoisotopic (exact) mass is 295 g/mol. The number of rotatable bonds is 8. The first-order valence-corrected chi connectivity index (χ1v) is 6.74. The van der Waals surface area contributed by atoms with Gasteiger partial charge in [0.1, 0.15) is 12.4 Å². The number of carboxylic acids is 1. The Labute approximate surface area is 124 Å². The second-order valence-electron chi connectivity index (χ2n) is 4.60. The van der Waals surface area contributed by atoms with E-state index >= 15 is 0 Å². The van der Waals surface area contributed by atoms with Gasteiger partial charge in [-0.05, 0) is 31.2 Å². The highest BCUT2D eigenvalue weighted by Crippen LogP contribution is 2.21. The summed E-state index contributed by atoms with van der Waals surface area (Å²) in [5.74, 6) is -1.20. The van der Waals surface area contributed by atoms with Crippen LogP contribution in [0.1, 0.15) is 13.8 Å². The summed E-state index contributed by atoms with van der Waals surface area (Å²) in [6.07, 6.45) is 0. The number of hydrogen-bond acceptors (Lipinski definition) is 4. The first kappa shape index (κ1) is 17.0. The minimum Gasteiger partial charge on any atom is -0.494 e. The molecular weight excluding hydrogens is 274 g/mol. The lowest BCUT2D eigenvalue weighted by molar-refractivity contribution is -0.140. The molecule has 6 heteroatoms. The highest BCUT2D eigenvalue weighted by molar-refractivity contribution is 5.95. The smallest absolute Gasteiger partial charge is 0.308 e. The van der Waals surface area contributed by atoms with Crippen molar-refractivity contribution in [3.63, 3.8) is 0 Å². The van der Waals surface area contributed by atoms with Crippen molar-refractivity contribution < 1.29 is 24.2 Å². The van der Waals surface area contributed by atoms with Crippen LogP contribution in [-0.4, -0.2) is 43.9 Å². The van der Waals surface area contributed by atoms with Crippen molar-refractivity contribution in [3.05, 3.63) is 24.3 Å². The number of methoxy groups -OCH3 is 1. The van der Waals surface area contributed by atoms with E-state index in [9.17, 15) is 9.59 Å². The topological polar surface area (TPSA) is 76.1 Å². The van der Waals surface area contributed by atoms with E-state index in [0.717, 1.165) is 0 Å². The van der Waals surface area contributed by atoms with Crippen molar-refractivity contribution in [3.8, 4) is 5.75 Å². The van der Waals surface area contributed by atoms with E-state index in [2.05, 4.69) is 0 Å². The van der Waals surface area contributed by atoms with Crippen molar-refractivity contribution in [2.24, 2.45) is 5.92 Å². The molecule has 0 aliphatic carbocycles. The van der Waals surface area contributed by atoms with E-state index in [1.54, 1.807) is 31.2 Å². The van der Waals surface area contributed by atoms with Crippen molar-refractivity contribution in [2.75, 3.05) is 31.8 Å². The van der Waals surface area contributed by atoms with Crippen LogP contribution in [0, 0.1) is 5.92 Å². The molecule has 1 atom stereocenters. The van der Waals surface area contributed by atoms with E-state index in [0.29, 0.717) is 18.0 Å². The van der Waals surface area contributed by atoms with E-state index in [1.165, 1.54) is 12.0 Å². The number of carbonyl (C=O) groups excluding carboxylic acids is 1. The van der Waals surface area contributed by atoms with Gasteiger partial charge in [-0.15, -0.1) is 0 Å². The molecule has 0 aliphatic heterocycles. The van der Waals surface area contributed by atoms with Gasteiger partial charge in [-0.1, -0.05) is 6.92 Å². The summed E-state index contributed by atoms with van der Waals surface area (Å²) in [6.45, 7) is 3.99. The van der Waals surface area contributed by atoms with Crippen molar-refractivity contribution in [2.45, 2.75) is 13.8 Å². The molecule has 0 heterocycles. The standard InChI is InChI=1S/C15H21NO5/c1-4-21-13-7-5-12(6-8-13)16(14(17)10-20-3)9-11(2)15(18)19/h5-8,11H,4,9-10H2,1-3H3,(H,18,19). The third-order valence-corrected chi connectivity index (χ3v) is 2.91. The summed E-state index contributed by atoms with van der Waals surface area (Å²) in [5.41, 5.74) is 0.619. The van der Waals surface area contributed by atoms with E-state index in [4.69, 9.17) is 14.6 Å². The molecule has 6 nitrogen and oxygen atoms in total. The molecule has 1 unspecified atom stereocenters. The molecule has 0 radical (unpaired) electrons. The third kappa shape index (κ3) is 5.07. The van der Waals surface area contributed by atoms with Crippen LogP contribution >= 0.6 is 0 Å². The molecule has 0 saturated heterocycles. The summed E-state index contributed by atoms with van der Waals surface area (Å²) in [7, 11) is 1.43. The predicted molar refractivity (Wildman–Crippen MR) is 78.6 cm³/mol. The highest BCUT2D eigenvalue weighted by Gasteiger charge is 2.21. The average molecular weight is 295 g/mol. The Morgan fingerprint density at radius 1 is 1.29 bits per heavy atom. The van der Waals surface area contributed by atoms with Crippen LogP contribution < -0.4 is 9.64 Å². The van der Waals surface area contributed by atoms with Gasteiger partial charge in [-0.2, -0.15) is 0 Å². The van der Waals surface area contributed by atoms with Gasteiger partial charge >= 0.3 is 5.97 Å². The molecule has 0 aromatic heterocycles. The number of hydrogen-bond donors (Lipinski definition) is 1. The number of carboxylic acid groups (broad SMARTS) is 1. The fraction of sp³-hybridized carbons (Fsp3) is 0.467. The van der Waals surface area contributed by atoms with Gasteiger partial charge in [0.05, 0.1) is 12.5 Å². The Balaban J connectivity index is 2.93. The second-order valence-corrected chi connectivity index (χ2v) is 4.60. The van der Waals surface area contributed by atoms with Crippen LogP contribution in [0.15, 0.2) is 24.3 Å². The summed E-state index contributed by atoms with van der Waals surface area (Å²) in [5, 5.41) is 9.01. The summed E-state index contributed by atoms with van der Waals surface area (Å²) in [4.78, 5) is 24.5. The fourth-order valence-corrected chi connectivity index (χ4v) is 1.79. The third-order valence-electron chi connectivity index (χ3n) is 2.91. The molecule has 21 heavy (non-hydrogen) atoms. The fourth-order valence-electron chi connectivity index (χ4n) is 1.79. The molecule has 1 rings (SSSR count). The molecule has 1 amide bonds. The van der Waals surface area contributed by atoms with Crippen LogP contribution in [0.25, 0.3) is 0 Å². The Morgan fingerprint density at radius 3 is 2.38 bits per heavy atom. The highest BCUT2D eigenvalue weighted by atomic mass is 16.5. The zero-order valence-electron chi connectivity index (χ0n) is 12.5. The number of nitrogens with zero attached hydrogens (tertiary/aromatic N) is 1. The maximum atomic E-state index is 12.1. The number of amides is 1. The van der Waals surface area contributed by atoms with Gasteiger partial charge in [-0.25, -0.2) is 0 Å². The molecule has 1 aromatic rings. The molecule has 116 valence electrons. The number of anilines is 1. The maximum absolute atomic E-state index is 12.1. The lowest BCUT2D eigenvalue weighted by Crippen LogP contribution is -2.39. The molecule has 1 aromatic carbocycles. The zero-order valence-corrected chi connectivity index (χ0v) is 12.5. The molecule has 0 spiro atoms. The zero-order chi connectivity index (χ0) is 15.8. The SMILES string of the molecule is CCOc1ccc(N(CC(C)C(=O)O)C(=O)COC)cc1. The molecule has 0 saturated carbocycles. The number of ether oxygens (including phenoxy) is 2. The molecule has 1 N–H and O–H groups in total. The minimum absolute atomic E-state index is 0.0888. The first-order valence-electron chi connectivity index (χ1n) is 6.74. The Bertz CT molecular complexity index is 471. The maximum Gasteiger partial charge on any atom is 0.308 e. The van der Waals surface area contributed by atoms with Gasteiger partial charge in [0.2, 0.25) is 0 Å². The van der Waals surface area contributed by atoms with Crippen LogP contribution in [0.4, 0.5) is 5.69 Å². The van der Waals surface area contributed by atoms with Gasteiger partial charge in [-0.3, -0.25) is 9.59 Å². The number of benzene rings is 1. The van der Waals surface area contributed by atoms with Crippen LogP contribution in [0.2, 0.25) is 0 Å². The van der Waals surface area contributed by atoms with Crippen LogP contribution in [0.5, 0.6) is 5.75 Å². The molecule has 0 fully saturated rings. The van der Waals surface area contributed by atoms with Gasteiger partial charge < -0.3 is 19.5 Å². The van der Waals surface area contributed by atoms with E-state index in [1.807, 2.05) is 6.92 Å². The molecular formula is C15H21NO5. The Kier molecular flexibility index (Phi) is 6.68. The average Bonchev–Trinajstić information content (AvgIpc) is 2.46. The van der Waals surface area contributed by atoms with Crippen molar-refractivity contribution in [1.29, 1.82) is 0 Å². The summed E-state index contributed by atoms with van der Waals surface area (Å²) < 4.78 is 10.2. The van der Waals surface area contributed by atoms with E-state index in [-0.39, 0.29) is 19.1 Å². The van der Waals surface area contributed by atoms with Crippen LogP contribution in [0.3, 0.4) is 0 Å². The normalized spacial score (nSPS) is 11.8. The molecule has 0 aliphatic rings. The largest absolute Gasteiger partial charge is 0.494 e. The number of carbonyl (C=O) groups is 2. The summed E-state index contributed by atoms with van der Waals surface area (Å²) >= 11 is 0. The Hall–Kier alpha value is -2.08. The lowest BCUT2D eigenvalue weighted by atomic mass is 10.1. The summed E-state index contributed by atoms with van der Waals surface area (Å²) in [6, 6.07) is 6.95. The van der Waals surface area contributed by atoms with E-state index < -0.39 is 11.9 Å². The first-order chi connectivity index (χ1) is 9.99. The predicted octanol–water partition coefficient (Wildman–Crippen LogP) is 1.79. The Morgan fingerprint density at radius 2 is 1.90 bits per heavy atom. The molecule has 0 bridgehead atoms. The van der Waals surface area contributed by atoms with Gasteiger partial charge in [0, 0.05) is 19.3 Å². The van der Waals surface area contributed by atoms with Gasteiger partial charge in [0.25, 0.3) is 5.91 Å². The quantitative estimate of drug-likeness (QED) is 0.791. The number of aliphatic carboxylic acids is 1. The van der Waals surface area contributed by atoms with Gasteiger partial charge in [0.15, 0.2) is 0 Å². The second kappa shape index (κ2) is 8.26. The van der Waals surface area contributed by atoms with Crippen molar-refractivity contribution >= 4 is 17.6 Å². The van der Waals surface area contributed by atoms with Crippen molar-refractivity contribution in [1.82, 2.24) is 0 Å². The lowest BCUT2D eigenvalue weighted by Gasteiger charge is -2.24.